The van der Waals surface area contributed by atoms with Gasteiger partial charge in [0.25, 0.3) is 0 Å². The molecule has 1 atom stereocenters. The number of benzene rings is 1. The second-order valence-corrected chi connectivity index (χ2v) is 4.10. The van der Waals surface area contributed by atoms with E-state index in [0.29, 0.717) is 17.0 Å². The predicted molar refractivity (Wildman–Crippen MR) is 59.4 cm³/mol. The summed E-state index contributed by atoms with van der Waals surface area (Å²) >= 11 is 5.90. The fourth-order valence-electron chi connectivity index (χ4n) is 1.37. The Hall–Kier alpha value is -0.640. The van der Waals surface area contributed by atoms with Gasteiger partial charge in [-0.15, -0.1) is 0 Å². The van der Waals surface area contributed by atoms with Crippen LogP contribution in [0.2, 0.25) is 5.02 Å². The SMILES string of the molecule is CCC(O)(CN)Cc1cc(F)ccc1Cl. The largest absolute Gasteiger partial charge is 0.388 e. The minimum Gasteiger partial charge on any atom is -0.388 e. The summed E-state index contributed by atoms with van der Waals surface area (Å²) < 4.78 is 13.0. The lowest BCUT2D eigenvalue weighted by molar-refractivity contribution is 0.0456. The first kappa shape index (κ1) is 12.4. The highest BCUT2D eigenvalue weighted by Crippen LogP contribution is 2.23. The molecule has 0 bridgehead atoms. The minimum atomic E-state index is -1.00. The molecule has 0 saturated heterocycles. The molecule has 0 spiro atoms. The third kappa shape index (κ3) is 3.16. The zero-order valence-electron chi connectivity index (χ0n) is 8.63. The van der Waals surface area contributed by atoms with Gasteiger partial charge in [0.15, 0.2) is 0 Å². The van der Waals surface area contributed by atoms with Gasteiger partial charge in [-0.1, -0.05) is 18.5 Å². The average Bonchev–Trinajstić information content (AvgIpc) is 2.23. The molecule has 2 nitrogen and oxygen atoms in total. The Labute approximate surface area is 93.9 Å². The third-order valence-electron chi connectivity index (χ3n) is 2.57. The maximum absolute atomic E-state index is 13.0. The molecule has 0 aliphatic heterocycles. The summed E-state index contributed by atoms with van der Waals surface area (Å²) in [5, 5.41) is 10.4. The van der Waals surface area contributed by atoms with E-state index < -0.39 is 5.60 Å². The normalized spacial score (nSPS) is 15.0. The molecular formula is C11H15ClFNO. The summed E-state index contributed by atoms with van der Waals surface area (Å²) in [5.41, 5.74) is 5.05. The van der Waals surface area contributed by atoms with E-state index in [9.17, 15) is 9.50 Å². The Balaban J connectivity index is 2.92. The van der Waals surface area contributed by atoms with Crippen molar-refractivity contribution in [2.24, 2.45) is 5.73 Å². The lowest BCUT2D eigenvalue weighted by atomic mass is 9.92. The molecule has 0 amide bonds. The van der Waals surface area contributed by atoms with Crippen molar-refractivity contribution >= 4 is 11.6 Å². The van der Waals surface area contributed by atoms with Gasteiger partial charge in [0.05, 0.1) is 5.60 Å². The van der Waals surface area contributed by atoms with Gasteiger partial charge in [0.1, 0.15) is 5.82 Å². The van der Waals surface area contributed by atoms with E-state index in [4.69, 9.17) is 17.3 Å². The number of aliphatic hydroxyl groups is 1. The van der Waals surface area contributed by atoms with E-state index in [1.54, 1.807) is 0 Å². The molecule has 0 radical (unpaired) electrons. The monoisotopic (exact) mass is 231 g/mol. The van der Waals surface area contributed by atoms with Crippen molar-refractivity contribution in [2.75, 3.05) is 6.54 Å². The predicted octanol–water partition coefficient (Wildman–Crippen LogP) is 2.12. The summed E-state index contributed by atoms with van der Waals surface area (Å²) in [6, 6.07) is 4.11. The van der Waals surface area contributed by atoms with Crippen molar-refractivity contribution in [1.82, 2.24) is 0 Å². The maximum atomic E-state index is 13.0. The molecule has 0 heterocycles. The summed E-state index contributed by atoms with van der Waals surface area (Å²) in [4.78, 5) is 0. The van der Waals surface area contributed by atoms with Crippen LogP contribution in [0.4, 0.5) is 4.39 Å². The van der Waals surface area contributed by atoms with Crippen LogP contribution in [-0.4, -0.2) is 17.3 Å². The number of hydrogen-bond acceptors (Lipinski definition) is 2. The molecule has 0 aliphatic carbocycles. The molecule has 0 aromatic heterocycles. The van der Waals surface area contributed by atoms with Crippen LogP contribution in [0.15, 0.2) is 18.2 Å². The zero-order valence-corrected chi connectivity index (χ0v) is 9.39. The molecule has 0 saturated carbocycles. The molecule has 1 aromatic rings. The highest BCUT2D eigenvalue weighted by atomic mass is 35.5. The summed E-state index contributed by atoms with van der Waals surface area (Å²) in [5.74, 6) is -0.357. The summed E-state index contributed by atoms with van der Waals surface area (Å²) in [6.07, 6.45) is 0.785. The van der Waals surface area contributed by atoms with Crippen LogP contribution < -0.4 is 5.73 Å². The molecule has 0 fully saturated rings. The Morgan fingerprint density at radius 2 is 2.20 bits per heavy atom. The molecule has 1 rings (SSSR count). The fraction of sp³-hybridized carbons (Fsp3) is 0.455. The minimum absolute atomic E-state index is 0.135. The highest BCUT2D eigenvalue weighted by Gasteiger charge is 2.24. The molecule has 84 valence electrons. The molecule has 4 heteroatoms. The lowest BCUT2D eigenvalue weighted by Gasteiger charge is -2.25. The maximum Gasteiger partial charge on any atom is 0.123 e. The topological polar surface area (TPSA) is 46.2 Å². The van der Waals surface area contributed by atoms with Gasteiger partial charge in [-0.25, -0.2) is 4.39 Å². The van der Waals surface area contributed by atoms with Crippen LogP contribution in [0.5, 0.6) is 0 Å². The molecule has 3 N–H and O–H groups in total. The van der Waals surface area contributed by atoms with Crippen molar-refractivity contribution in [2.45, 2.75) is 25.4 Å². The van der Waals surface area contributed by atoms with Crippen LogP contribution >= 0.6 is 11.6 Å². The van der Waals surface area contributed by atoms with Crippen molar-refractivity contribution in [1.29, 1.82) is 0 Å². The quantitative estimate of drug-likeness (QED) is 0.834. The van der Waals surface area contributed by atoms with Gasteiger partial charge < -0.3 is 10.8 Å². The highest BCUT2D eigenvalue weighted by molar-refractivity contribution is 6.31. The van der Waals surface area contributed by atoms with Gasteiger partial charge >= 0.3 is 0 Å². The number of halogens is 2. The van der Waals surface area contributed by atoms with E-state index in [0.717, 1.165) is 0 Å². The Kier molecular flexibility index (Phi) is 4.08. The first-order chi connectivity index (χ1) is 7.00. The number of hydrogen-bond donors (Lipinski definition) is 2. The average molecular weight is 232 g/mol. The summed E-state index contributed by atoms with van der Waals surface area (Å²) in [6.45, 7) is 1.97. The number of rotatable bonds is 4. The van der Waals surface area contributed by atoms with E-state index >= 15 is 0 Å². The Bertz CT molecular complexity index is 339. The summed E-state index contributed by atoms with van der Waals surface area (Å²) in [7, 11) is 0. The van der Waals surface area contributed by atoms with Crippen molar-refractivity contribution in [3.05, 3.63) is 34.6 Å². The van der Waals surface area contributed by atoms with E-state index in [1.165, 1.54) is 18.2 Å². The smallest absolute Gasteiger partial charge is 0.123 e. The zero-order chi connectivity index (χ0) is 11.5. The van der Waals surface area contributed by atoms with Crippen LogP contribution in [0.3, 0.4) is 0 Å². The Morgan fingerprint density at radius 1 is 1.53 bits per heavy atom. The number of nitrogens with two attached hydrogens (primary N) is 1. The van der Waals surface area contributed by atoms with E-state index in [2.05, 4.69) is 0 Å². The van der Waals surface area contributed by atoms with Gasteiger partial charge in [0, 0.05) is 18.0 Å². The van der Waals surface area contributed by atoms with E-state index in [-0.39, 0.29) is 18.8 Å². The molecular weight excluding hydrogens is 217 g/mol. The first-order valence-electron chi connectivity index (χ1n) is 4.87. The van der Waals surface area contributed by atoms with Gasteiger partial charge in [0.2, 0.25) is 0 Å². The molecule has 1 aromatic carbocycles. The van der Waals surface area contributed by atoms with Crippen molar-refractivity contribution in [3.8, 4) is 0 Å². The fourth-order valence-corrected chi connectivity index (χ4v) is 1.56. The van der Waals surface area contributed by atoms with Gasteiger partial charge in [-0.2, -0.15) is 0 Å². The van der Waals surface area contributed by atoms with Gasteiger partial charge in [-0.05, 0) is 30.2 Å². The van der Waals surface area contributed by atoms with Gasteiger partial charge in [-0.3, -0.25) is 0 Å². The van der Waals surface area contributed by atoms with Crippen LogP contribution in [0.25, 0.3) is 0 Å². The third-order valence-corrected chi connectivity index (χ3v) is 2.93. The van der Waals surface area contributed by atoms with Crippen LogP contribution in [-0.2, 0) is 6.42 Å². The second kappa shape index (κ2) is 4.92. The standard InChI is InChI=1S/C11H15ClFNO/c1-2-11(15,7-14)6-8-5-9(13)3-4-10(8)12/h3-5,15H,2,6-7,14H2,1H3. The van der Waals surface area contributed by atoms with Crippen LogP contribution in [0.1, 0.15) is 18.9 Å². The second-order valence-electron chi connectivity index (χ2n) is 3.69. The molecule has 15 heavy (non-hydrogen) atoms. The first-order valence-corrected chi connectivity index (χ1v) is 5.25. The van der Waals surface area contributed by atoms with E-state index in [1.807, 2.05) is 6.92 Å². The molecule has 1 unspecified atom stereocenters. The molecule has 0 aliphatic rings. The lowest BCUT2D eigenvalue weighted by Crippen LogP contribution is -2.39. The van der Waals surface area contributed by atoms with Crippen LogP contribution in [0, 0.1) is 5.82 Å². The Morgan fingerprint density at radius 3 is 2.73 bits per heavy atom. The van der Waals surface area contributed by atoms with Crippen molar-refractivity contribution < 1.29 is 9.50 Å². The van der Waals surface area contributed by atoms with Crippen molar-refractivity contribution in [3.63, 3.8) is 0 Å².